The molecule has 2 unspecified atom stereocenters. The van der Waals surface area contributed by atoms with Gasteiger partial charge in [-0.1, -0.05) is 0 Å². The third-order valence-electron chi connectivity index (χ3n) is 3.03. The van der Waals surface area contributed by atoms with Crippen LogP contribution in [0.5, 0.6) is 0 Å². The molecule has 0 amide bonds. The summed E-state index contributed by atoms with van der Waals surface area (Å²) in [5, 5.41) is 7.81. The molecule has 0 aliphatic carbocycles. The Kier molecular flexibility index (Phi) is 4.96. The van der Waals surface area contributed by atoms with Gasteiger partial charge in [0, 0.05) is 44.1 Å². The predicted octanol–water partition coefficient (Wildman–Crippen LogP) is 1.80. The van der Waals surface area contributed by atoms with Crippen LogP contribution in [0.15, 0.2) is 6.20 Å². The molecule has 2 atom stereocenters. The zero-order valence-electron chi connectivity index (χ0n) is 10.9. The Bertz CT molecular complexity index is 322. The number of hydrogen-bond acceptors (Lipinski definition) is 3. The zero-order chi connectivity index (χ0) is 12.1. The number of nitrogens with zero attached hydrogens (tertiary/aromatic N) is 2. The lowest BCUT2D eigenvalue weighted by atomic mass is 10.1. The number of methoxy groups -OCH3 is 1. The largest absolute Gasteiger partial charge is 0.385 e. The van der Waals surface area contributed by atoms with Crippen LogP contribution in [-0.4, -0.2) is 29.5 Å². The van der Waals surface area contributed by atoms with Gasteiger partial charge in [-0.2, -0.15) is 5.10 Å². The van der Waals surface area contributed by atoms with Crippen LogP contribution in [-0.2, 0) is 11.8 Å². The maximum Gasteiger partial charge on any atom is 0.0540 e. The van der Waals surface area contributed by atoms with Gasteiger partial charge in [0.05, 0.1) is 6.20 Å². The van der Waals surface area contributed by atoms with Gasteiger partial charge in [-0.3, -0.25) is 4.68 Å². The minimum atomic E-state index is 0.334. The van der Waals surface area contributed by atoms with Gasteiger partial charge in [0.25, 0.3) is 0 Å². The molecule has 1 aromatic rings. The van der Waals surface area contributed by atoms with Crippen molar-refractivity contribution >= 4 is 0 Å². The second-order valence-corrected chi connectivity index (χ2v) is 4.38. The molecule has 1 heterocycles. The monoisotopic (exact) mass is 225 g/mol. The molecule has 1 N–H and O–H groups in total. The quantitative estimate of drug-likeness (QED) is 0.802. The molecule has 0 spiro atoms. The summed E-state index contributed by atoms with van der Waals surface area (Å²) < 4.78 is 6.98. The molecule has 16 heavy (non-hydrogen) atoms. The summed E-state index contributed by atoms with van der Waals surface area (Å²) in [6, 6.07) is 0.787. The van der Waals surface area contributed by atoms with Crippen molar-refractivity contribution < 1.29 is 4.74 Å². The molecule has 4 heteroatoms. The number of aryl methyl sites for hydroxylation is 1. The Hall–Kier alpha value is -0.870. The second kappa shape index (κ2) is 6.01. The molecule has 0 bridgehead atoms. The minimum absolute atomic E-state index is 0.334. The minimum Gasteiger partial charge on any atom is -0.385 e. The molecule has 0 aromatic carbocycles. The number of rotatable bonds is 6. The molecule has 0 saturated heterocycles. The molecule has 4 nitrogen and oxygen atoms in total. The summed E-state index contributed by atoms with van der Waals surface area (Å²) >= 11 is 0. The van der Waals surface area contributed by atoms with Crippen molar-refractivity contribution in [2.45, 2.75) is 39.3 Å². The summed E-state index contributed by atoms with van der Waals surface area (Å²) in [4.78, 5) is 0. The lowest BCUT2D eigenvalue weighted by molar-refractivity contribution is 0.183. The van der Waals surface area contributed by atoms with Crippen LogP contribution in [0.1, 0.15) is 37.6 Å². The van der Waals surface area contributed by atoms with Gasteiger partial charge in [0.1, 0.15) is 0 Å². The zero-order valence-corrected chi connectivity index (χ0v) is 10.9. The highest BCUT2D eigenvalue weighted by molar-refractivity contribution is 5.19. The summed E-state index contributed by atoms with van der Waals surface area (Å²) in [5.41, 5.74) is 2.49. The fourth-order valence-corrected chi connectivity index (χ4v) is 1.84. The van der Waals surface area contributed by atoms with E-state index in [0.29, 0.717) is 12.1 Å². The van der Waals surface area contributed by atoms with Gasteiger partial charge in [-0.05, 0) is 27.2 Å². The predicted molar refractivity (Wildman–Crippen MR) is 65.5 cm³/mol. The van der Waals surface area contributed by atoms with E-state index >= 15 is 0 Å². The average Bonchev–Trinajstić information content (AvgIpc) is 2.57. The number of hydrogen-bond donors (Lipinski definition) is 1. The highest BCUT2D eigenvalue weighted by Crippen LogP contribution is 2.16. The van der Waals surface area contributed by atoms with Gasteiger partial charge in [0.15, 0.2) is 0 Å². The molecule has 1 aromatic heterocycles. The smallest absolute Gasteiger partial charge is 0.0540 e. The lowest BCUT2D eigenvalue weighted by Gasteiger charge is -2.19. The highest BCUT2D eigenvalue weighted by atomic mass is 16.5. The molecule has 0 radical (unpaired) electrons. The molecule has 0 saturated carbocycles. The van der Waals surface area contributed by atoms with Crippen LogP contribution in [0.2, 0.25) is 0 Å². The molecule has 0 aliphatic rings. The lowest BCUT2D eigenvalue weighted by Crippen LogP contribution is -2.30. The van der Waals surface area contributed by atoms with Crippen molar-refractivity contribution in [2.24, 2.45) is 7.05 Å². The van der Waals surface area contributed by atoms with Crippen molar-refractivity contribution in [3.05, 3.63) is 17.5 Å². The van der Waals surface area contributed by atoms with Crippen molar-refractivity contribution in [3.63, 3.8) is 0 Å². The van der Waals surface area contributed by atoms with Gasteiger partial charge in [0.2, 0.25) is 0 Å². The Balaban J connectivity index is 2.52. The second-order valence-electron chi connectivity index (χ2n) is 4.38. The first kappa shape index (κ1) is 13.2. The van der Waals surface area contributed by atoms with Crippen LogP contribution < -0.4 is 5.32 Å². The first-order valence-electron chi connectivity index (χ1n) is 5.79. The van der Waals surface area contributed by atoms with E-state index < -0.39 is 0 Å². The maximum atomic E-state index is 5.07. The Labute approximate surface area is 98.0 Å². The third-order valence-corrected chi connectivity index (χ3v) is 3.03. The van der Waals surface area contributed by atoms with E-state index in [1.807, 2.05) is 17.9 Å². The standard InChI is InChI=1S/C12H23N3O/c1-9(6-7-16-5)14-10(2)12-8-13-15(4)11(12)3/h8-10,14H,6-7H2,1-5H3. The summed E-state index contributed by atoms with van der Waals surface area (Å²) in [7, 11) is 3.71. The summed E-state index contributed by atoms with van der Waals surface area (Å²) in [5.74, 6) is 0. The average molecular weight is 225 g/mol. The van der Waals surface area contributed by atoms with Crippen LogP contribution in [0.25, 0.3) is 0 Å². The summed E-state index contributed by atoms with van der Waals surface area (Å²) in [6.45, 7) is 7.25. The van der Waals surface area contributed by atoms with Crippen LogP contribution in [0.3, 0.4) is 0 Å². The fourth-order valence-electron chi connectivity index (χ4n) is 1.84. The van der Waals surface area contributed by atoms with E-state index in [2.05, 4.69) is 31.2 Å². The van der Waals surface area contributed by atoms with Crippen LogP contribution in [0, 0.1) is 6.92 Å². The number of ether oxygens (including phenoxy) is 1. The Morgan fingerprint density at radius 1 is 1.50 bits per heavy atom. The fraction of sp³-hybridized carbons (Fsp3) is 0.750. The van der Waals surface area contributed by atoms with Crippen LogP contribution >= 0.6 is 0 Å². The number of aromatic nitrogens is 2. The summed E-state index contributed by atoms with van der Waals surface area (Å²) in [6.07, 6.45) is 2.97. The van der Waals surface area contributed by atoms with E-state index in [1.165, 1.54) is 11.3 Å². The normalized spacial score (nSPS) is 15.1. The van der Waals surface area contributed by atoms with E-state index in [9.17, 15) is 0 Å². The van der Waals surface area contributed by atoms with Crippen molar-refractivity contribution in [1.82, 2.24) is 15.1 Å². The molecular weight excluding hydrogens is 202 g/mol. The Morgan fingerprint density at radius 2 is 2.19 bits per heavy atom. The number of nitrogens with one attached hydrogen (secondary N) is 1. The molecule has 92 valence electrons. The van der Waals surface area contributed by atoms with Crippen molar-refractivity contribution in [1.29, 1.82) is 0 Å². The first-order chi connectivity index (χ1) is 7.56. The molecule has 0 aliphatic heterocycles. The molecule has 0 fully saturated rings. The van der Waals surface area contributed by atoms with E-state index in [4.69, 9.17) is 4.74 Å². The van der Waals surface area contributed by atoms with Gasteiger partial charge < -0.3 is 10.1 Å². The molecular formula is C12H23N3O. The van der Waals surface area contributed by atoms with E-state index in [1.54, 1.807) is 7.11 Å². The van der Waals surface area contributed by atoms with Crippen molar-refractivity contribution in [2.75, 3.05) is 13.7 Å². The van der Waals surface area contributed by atoms with Gasteiger partial charge >= 0.3 is 0 Å². The highest BCUT2D eigenvalue weighted by Gasteiger charge is 2.13. The topological polar surface area (TPSA) is 39.1 Å². The molecule has 1 rings (SSSR count). The van der Waals surface area contributed by atoms with Crippen molar-refractivity contribution in [3.8, 4) is 0 Å². The first-order valence-corrected chi connectivity index (χ1v) is 5.79. The van der Waals surface area contributed by atoms with E-state index in [-0.39, 0.29) is 0 Å². The van der Waals surface area contributed by atoms with Gasteiger partial charge in [-0.15, -0.1) is 0 Å². The van der Waals surface area contributed by atoms with Gasteiger partial charge in [-0.25, -0.2) is 0 Å². The maximum absolute atomic E-state index is 5.07. The SMILES string of the molecule is COCCC(C)NC(C)c1cnn(C)c1C. The third kappa shape index (κ3) is 3.32. The van der Waals surface area contributed by atoms with Crippen LogP contribution in [0.4, 0.5) is 0 Å². The van der Waals surface area contributed by atoms with E-state index in [0.717, 1.165) is 13.0 Å². The Morgan fingerprint density at radius 3 is 2.69 bits per heavy atom.